The Bertz CT molecular complexity index is 1040. The van der Waals surface area contributed by atoms with Gasteiger partial charge < -0.3 is 31.6 Å². The van der Waals surface area contributed by atoms with E-state index in [1.165, 1.54) is 19.5 Å². The Morgan fingerprint density at radius 1 is 1.11 bits per heavy atom. The molecule has 1 aliphatic rings. The monoisotopic (exact) mass is 509 g/mol. The minimum atomic E-state index is -0.855. The number of amides is 2. The van der Waals surface area contributed by atoms with Crippen molar-refractivity contribution < 1.29 is 24.6 Å². The topological polar surface area (TPSA) is 178 Å². The summed E-state index contributed by atoms with van der Waals surface area (Å²) in [5, 5.41) is 21.0. The number of rotatable bonds is 6. The van der Waals surface area contributed by atoms with E-state index in [9.17, 15) is 19.2 Å². The van der Waals surface area contributed by atoms with E-state index in [-0.39, 0.29) is 28.7 Å². The summed E-state index contributed by atoms with van der Waals surface area (Å²) in [5.74, 6) is -1.31. The van der Waals surface area contributed by atoms with Crippen LogP contribution in [0.2, 0.25) is 5.02 Å². The van der Waals surface area contributed by atoms with Crippen LogP contribution in [0.4, 0.5) is 11.5 Å². The molecule has 1 aromatic carbocycles. The van der Waals surface area contributed by atoms with E-state index in [0.717, 1.165) is 38.6 Å². The number of carboxylic acids is 1. The summed E-state index contributed by atoms with van der Waals surface area (Å²) in [4.78, 5) is 49.1. The van der Waals surface area contributed by atoms with Crippen molar-refractivity contribution in [2.24, 2.45) is 0 Å². The van der Waals surface area contributed by atoms with E-state index in [0.29, 0.717) is 12.2 Å². The maximum Gasteiger partial charge on any atom is 0.307 e. The fourth-order valence-electron chi connectivity index (χ4n) is 3.22. The predicted octanol–water partition coefficient (Wildman–Crippen LogP) is 1.32. The van der Waals surface area contributed by atoms with Crippen molar-refractivity contribution in [1.82, 2.24) is 15.2 Å². The standard InChI is InChI=1S/C15H20N2O3.C7H8ClN3O2.CH4O/c18-14(11-17-8-2-1-3-9-17)16-13-6-4-12(5-7-13)10-15(19)20;1-10-6(12)3-2-4(8)5(9)11-7(3)13;1-2/h4-7H,1-3,8-11H2,(H,16,18)(H,19,20);2H,1H3,(H,10,12)(H3,9,11,13);2H,1H3. The van der Waals surface area contributed by atoms with Crippen LogP contribution in [-0.4, -0.2) is 71.7 Å². The summed E-state index contributed by atoms with van der Waals surface area (Å²) < 4.78 is 0. The second kappa shape index (κ2) is 15.5. The number of anilines is 2. The highest BCUT2D eigenvalue weighted by molar-refractivity contribution is 6.33. The molecule has 3 rings (SSSR count). The maximum atomic E-state index is 11.9. The van der Waals surface area contributed by atoms with Gasteiger partial charge in [-0.3, -0.25) is 24.1 Å². The lowest BCUT2D eigenvalue weighted by Gasteiger charge is -2.25. The number of aliphatic carboxylic acids is 1. The molecule has 0 radical (unpaired) electrons. The molecule has 1 aromatic heterocycles. The van der Waals surface area contributed by atoms with Crippen molar-refractivity contribution >= 4 is 40.9 Å². The second-order valence-corrected chi connectivity index (χ2v) is 7.91. The Kier molecular flexibility index (Phi) is 13.1. The molecular weight excluding hydrogens is 478 g/mol. The average Bonchev–Trinajstić information content (AvgIpc) is 2.84. The molecule has 2 heterocycles. The number of aromatic nitrogens is 1. The Balaban J connectivity index is 0.000000354. The van der Waals surface area contributed by atoms with Gasteiger partial charge in [-0.15, -0.1) is 0 Å². The predicted molar refractivity (Wildman–Crippen MR) is 135 cm³/mol. The number of hydrogen-bond acceptors (Lipinski definition) is 7. The van der Waals surface area contributed by atoms with Crippen molar-refractivity contribution in [3.8, 4) is 0 Å². The van der Waals surface area contributed by atoms with E-state index in [1.54, 1.807) is 24.3 Å². The number of likely N-dealkylation sites (tertiary alicyclic amines) is 1. The highest BCUT2D eigenvalue weighted by atomic mass is 35.5. The number of carboxylic acid groups (broad SMARTS) is 1. The molecule has 35 heavy (non-hydrogen) atoms. The molecule has 0 bridgehead atoms. The van der Waals surface area contributed by atoms with Gasteiger partial charge >= 0.3 is 5.97 Å². The number of piperidine rings is 1. The van der Waals surface area contributed by atoms with Crippen LogP contribution in [0.5, 0.6) is 0 Å². The lowest BCUT2D eigenvalue weighted by molar-refractivity contribution is -0.136. The first kappa shape index (κ1) is 29.6. The molecule has 0 saturated carbocycles. The number of aliphatic hydroxyl groups is 1. The zero-order valence-electron chi connectivity index (χ0n) is 19.8. The molecule has 1 aliphatic heterocycles. The largest absolute Gasteiger partial charge is 0.481 e. The van der Waals surface area contributed by atoms with Crippen LogP contribution in [0, 0.1) is 0 Å². The van der Waals surface area contributed by atoms with Gasteiger partial charge in [-0.25, -0.2) is 0 Å². The number of aromatic amines is 1. The number of nitrogens with two attached hydrogens (primary N) is 1. The Hall–Kier alpha value is -3.41. The van der Waals surface area contributed by atoms with Crippen molar-refractivity contribution in [1.29, 1.82) is 0 Å². The third kappa shape index (κ3) is 10.6. The van der Waals surface area contributed by atoms with Gasteiger partial charge in [-0.05, 0) is 49.7 Å². The molecule has 0 unspecified atom stereocenters. The van der Waals surface area contributed by atoms with Gasteiger partial charge in [0, 0.05) is 19.8 Å². The van der Waals surface area contributed by atoms with Gasteiger partial charge in [-0.2, -0.15) is 0 Å². The first-order valence-corrected chi connectivity index (χ1v) is 11.3. The number of halogens is 1. The van der Waals surface area contributed by atoms with E-state index in [1.807, 2.05) is 0 Å². The second-order valence-electron chi connectivity index (χ2n) is 7.51. The van der Waals surface area contributed by atoms with E-state index < -0.39 is 17.4 Å². The van der Waals surface area contributed by atoms with Crippen LogP contribution in [0.15, 0.2) is 35.1 Å². The molecule has 12 heteroatoms. The molecule has 11 nitrogen and oxygen atoms in total. The van der Waals surface area contributed by atoms with Crippen LogP contribution in [-0.2, 0) is 16.0 Å². The summed E-state index contributed by atoms with van der Waals surface area (Å²) in [7, 11) is 2.42. The molecule has 1 saturated heterocycles. The molecule has 2 aromatic rings. The Morgan fingerprint density at radius 3 is 2.26 bits per heavy atom. The first-order chi connectivity index (χ1) is 16.7. The van der Waals surface area contributed by atoms with Crippen molar-refractivity contribution in [2.45, 2.75) is 25.7 Å². The van der Waals surface area contributed by atoms with Gasteiger partial charge in [0.15, 0.2) is 0 Å². The molecule has 7 N–H and O–H groups in total. The number of benzene rings is 1. The van der Waals surface area contributed by atoms with Gasteiger partial charge in [0.05, 0.1) is 18.0 Å². The van der Waals surface area contributed by atoms with Gasteiger partial charge in [0.25, 0.3) is 11.5 Å². The lowest BCUT2D eigenvalue weighted by atomic mass is 10.1. The maximum absolute atomic E-state index is 11.9. The normalized spacial score (nSPS) is 12.8. The molecule has 0 spiro atoms. The highest BCUT2D eigenvalue weighted by Crippen LogP contribution is 2.14. The zero-order valence-corrected chi connectivity index (χ0v) is 20.5. The number of hydrogen-bond donors (Lipinski definition) is 6. The fourth-order valence-corrected chi connectivity index (χ4v) is 3.38. The molecule has 0 atom stereocenters. The smallest absolute Gasteiger partial charge is 0.307 e. The summed E-state index contributed by atoms with van der Waals surface area (Å²) in [6, 6.07) is 8.17. The van der Waals surface area contributed by atoms with Gasteiger partial charge in [0.2, 0.25) is 5.91 Å². The molecular formula is C23H32ClN5O6. The first-order valence-electron chi connectivity index (χ1n) is 10.9. The number of nitrogens with one attached hydrogen (secondary N) is 3. The minimum absolute atomic E-state index is 0.00199. The summed E-state index contributed by atoms with van der Waals surface area (Å²) in [6.07, 6.45) is 3.58. The SMILES string of the molecule is CNC(=O)c1cc(Cl)c(N)[nH]c1=O.CO.O=C(O)Cc1ccc(NC(=O)CN2CCCCC2)cc1. The van der Waals surface area contributed by atoms with Crippen molar-refractivity contribution in [3.63, 3.8) is 0 Å². The fraction of sp³-hybridized carbons (Fsp3) is 0.391. The average molecular weight is 510 g/mol. The quantitative estimate of drug-likeness (QED) is 0.337. The third-order valence-corrected chi connectivity index (χ3v) is 5.21. The molecule has 192 valence electrons. The van der Waals surface area contributed by atoms with Gasteiger partial charge in [0.1, 0.15) is 11.4 Å². The molecule has 0 aliphatic carbocycles. The minimum Gasteiger partial charge on any atom is -0.481 e. The summed E-state index contributed by atoms with van der Waals surface area (Å²) >= 11 is 5.61. The Labute approximate surface area is 208 Å². The summed E-state index contributed by atoms with van der Waals surface area (Å²) in [5.41, 5.74) is 6.14. The van der Waals surface area contributed by atoms with Crippen molar-refractivity contribution in [2.75, 3.05) is 44.8 Å². The Morgan fingerprint density at radius 2 is 1.71 bits per heavy atom. The molecule has 2 amide bonds. The van der Waals surface area contributed by atoms with E-state index >= 15 is 0 Å². The number of carbonyl (C=O) groups is 3. The van der Waals surface area contributed by atoms with E-state index in [2.05, 4.69) is 20.5 Å². The number of nitrogens with zero attached hydrogens (tertiary/aromatic N) is 1. The lowest BCUT2D eigenvalue weighted by Crippen LogP contribution is -2.36. The number of carbonyl (C=O) groups excluding carboxylic acids is 2. The molecule has 1 fully saturated rings. The van der Waals surface area contributed by atoms with E-state index in [4.69, 9.17) is 27.5 Å². The van der Waals surface area contributed by atoms with Gasteiger partial charge in [-0.1, -0.05) is 30.2 Å². The van der Waals surface area contributed by atoms with Crippen LogP contribution < -0.4 is 21.9 Å². The van der Waals surface area contributed by atoms with Crippen LogP contribution in [0.25, 0.3) is 0 Å². The van der Waals surface area contributed by atoms with Crippen molar-refractivity contribution in [3.05, 3.63) is 56.8 Å². The highest BCUT2D eigenvalue weighted by Gasteiger charge is 2.14. The summed E-state index contributed by atoms with van der Waals surface area (Å²) in [6.45, 7) is 2.41. The van der Waals surface area contributed by atoms with Crippen LogP contribution in [0.1, 0.15) is 35.2 Å². The third-order valence-electron chi connectivity index (χ3n) is 4.90. The van der Waals surface area contributed by atoms with Crippen LogP contribution in [0.3, 0.4) is 0 Å². The number of H-pyrrole nitrogens is 1. The number of aliphatic hydroxyl groups excluding tert-OH is 1. The zero-order chi connectivity index (χ0) is 26.4. The number of nitrogen functional groups attached to an aromatic ring is 1. The number of pyridine rings is 1. The van der Waals surface area contributed by atoms with Crippen LogP contribution >= 0.6 is 11.6 Å².